The molecule has 0 aliphatic rings. The van der Waals surface area contributed by atoms with Crippen LogP contribution in [-0.2, 0) is 30.2 Å². The van der Waals surface area contributed by atoms with E-state index in [2.05, 4.69) is 0 Å². The number of benzene rings is 2. The van der Waals surface area contributed by atoms with Crippen molar-refractivity contribution in [2.45, 2.75) is 66.0 Å². The fourth-order valence-corrected chi connectivity index (χ4v) is 3.19. The van der Waals surface area contributed by atoms with Crippen molar-refractivity contribution in [3.05, 3.63) is 54.1 Å². The number of carbonyl (C=O) groups is 4. The van der Waals surface area contributed by atoms with Gasteiger partial charge in [-0.1, -0.05) is 64.8 Å². The Morgan fingerprint density at radius 2 is 1.23 bits per heavy atom. The Bertz CT molecular complexity index is 1190. The number of hydrogen-bond donors (Lipinski definition) is 1. The first-order chi connectivity index (χ1) is 20.5. The van der Waals surface area contributed by atoms with Crippen LogP contribution >= 0.6 is 0 Å². The fraction of sp³-hybridized carbons (Fsp3) is 0.484. The summed E-state index contributed by atoms with van der Waals surface area (Å²) in [6.45, 7) is 9.35. The van der Waals surface area contributed by atoms with E-state index in [1.54, 1.807) is 36.4 Å². The fourth-order valence-electron chi connectivity index (χ4n) is 3.19. The van der Waals surface area contributed by atoms with Crippen molar-refractivity contribution in [1.29, 1.82) is 0 Å². The zero-order valence-corrected chi connectivity index (χ0v) is 25.2. The van der Waals surface area contributed by atoms with Crippen molar-refractivity contribution in [2.75, 3.05) is 19.8 Å². The van der Waals surface area contributed by atoms with Gasteiger partial charge in [0.05, 0.1) is 13.2 Å². The molecule has 2 unspecified atom stereocenters. The third-order valence-corrected chi connectivity index (χ3v) is 6.22. The minimum absolute atomic E-state index is 0.0144. The van der Waals surface area contributed by atoms with Crippen LogP contribution in [0.5, 0.6) is 17.2 Å². The van der Waals surface area contributed by atoms with Gasteiger partial charge < -0.3 is 38.9 Å². The van der Waals surface area contributed by atoms with Gasteiger partial charge in [0.15, 0.2) is 11.5 Å². The van der Waals surface area contributed by atoms with Crippen LogP contribution in [0.15, 0.2) is 48.5 Å². The number of hydrogen-bond acceptors (Lipinski definition) is 12. The Kier molecular flexibility index (Phi) is 14.8. The molecule has 236 valence electrons. The molecule has 0 amide bonds. The summed E-state index contributed by atoms with van der Waals surface area (Å²) in [6.07, 6.45) is -2.10. The smallest absolute Gasteiger partial charge is 0.458 e. The van der Waals surface area contributed by atoms with Crippen LogP contribution in [0.3, 0.4) is 0 Å². The highest BCUT2D eigenvalue weighted by molar-refractivity contribution is 5.76. The van der Waals surface area contributed by atoms with Crippen molar-refractivity contribution in [3.8, 4) is 17.2 Å². The molecule has 2 aromatic carbocycles. The van der Waals surface area contributed by atoms with E-state index in [9.17, 15) is 19.2 Å². The van der Waals surface area contributed by atoms with Gasteiger partial charge >= 0.3 is 24.4 Å². The molecule has 0 saturated carbocycles. The van der Waals surface area contributed by atoms with Crippen LogP contribution in [0.1, 0.15) is 53.0 Å². The van der Waals surface area contributed by atoms with Crippen LogP contribution in [-0.4, -0.2) is 56.4 Å². The van der Waals surface area contributed by atoms with Gasteiger partial charge in [-0.15, -0.1) is 0 Å². The number of esters is 1. The predicted molar refractivity (Wildman–Crippen MR) is 155 cm³/mol. The molecule has 0 bridgehead atoms. The van der Waals surface area contributed by atoms with Gasteiger partial charge in [0.1, 0.15) is 24.5 Å². The molecule has 0 aromatic heterocycles. The second-order valence-electron chi connectivity index (χ2n) is 10.2. The summed E-state index contributed by atoms with van der Waals surface area (Å²) >= 11 is 0. The van der Waals surface area contributed by atoms with Gasteiger partial charge in [-0.3, -0.25) is 4.79 Å². The molecule has 0 fully saturated rings. The highest BCUT2D eigenvalue weighted by Gasteiger charge is 2.22. The second kappa shape index (κ2) is 18.3. The van der Waals surface area contributed by atoms with Gasteiger partial charge in [-0.05, 0) is 55.0 Å². The lowest BCUT2D eigenvalue weighted by Crippen LogP contribution is -2.37. The summed E-state index contributed by atoms with van der Waals surface area (Å²) in [6, 6.07) is 11.6. The summed E-state index contributed by atoms with van der Waals surface area (Å²) in [5.74, 6) is -0.382. The lowest BCUT2D eigenvalue weighted by molar-refractivity contribution is -0.151. The molecule has 43 heavy (non-hydrogen) atoms. The second-order valence-corrected chi connectivity index (χ2v) is 10.2. The van der Waals surface area contributed by atoms with Gasteiger partial charge in [0, 0.05) is 0 Å². The Hall–Kier alpha value is -4.32. The Morgan fingerprint density at radius 1 is 0.698 bits per heavy atom. The molecule has 0 heterocycles. The van der Waals surface area contributed by atoms with E-state index in [4.69, 9.17) is 38.9 Å². The van der Waals surface area contributed by atoms with E-state index in [-0.39, 0.29) is 49.6 Å². The lowest BCUT2D eigenvalue weighted by atomic mass is 10.1. The topological polar surface area (TPSA) is 159 Å². The largest absolute Gasteiger partial charge is 0.513 e. The molecule has 12 nitrogen and oxygen atoms in total. The maximum absolute atomic E-state index is 12.6. The number of nitrogens with two attached hydrogens (primary N) is 1. The van der Waals surface area contributed by atoms with E-state index in [1.807, 2.05) is 27.7 Å². The molecule has 0 aliphatic heterocycles. The van der Waals surface area contributed by atoms with Crippen molar-refractivity contribution in [3.63, 3.8) is 0 Å². The van der Waals surface area contributed by atoms with Crippen molar-refractivity contribution >= 4 is 24.4 Å². The standard InChI is InChI=1S/C31H41NO11/c1-6-20(3)17-37-30(35)42-26-14-13-23(16-27(26)43-31(36)38-18-21(4)7-2)15-25(32)28(33)40-22(5)19-39-29(34)41-24-11-9-8-10-12-24/h8-14,16,20-22,25H,6-7,15,17-19,32H2,1-5H3/t20?,21?,22-,25-/m0/s1. The molecular formula is C31H41NO11. The molecule has 0 radical (unpaired) electrons. The van der Waals surface area contributed by atoms with Crippen LogP contribution in [0.4, 0.5) is 14.4 Å². The molecule has 4 atom stereocenters. The minimum atomic E-state index is -1.11. The first-order valence-corrected chi connectivity index (χ1v) is 14.2. The number of carbonyl (C=O) groups excluding carboxylic acids is 4. The summed E-state index contributed by atoms with van der Waals surface area (Å²) in [5.41, 5.74) is 6.54. The van der Waals surface area contributed by atoms with E-state index in [0.29, 0.717) is 11.3 Å². The van der Waals surface area contributed by atoms with Crippen molar-refractivity contribution < 1.29 is 52.3 Å². The third-order valence-electron chi connectivity index (χ3n) is 6.22. The van der Waals surface area contributed by atoms with Crippen LogP contribution in [0.25, 0.3) is 0 Å². The zero-order chi connectivity index (χ0) is 31.8. The van der Waals surface area contributed by atoms with E-state index < -0.39 is 36.6 Å². The maximum atomic E-state index is 12.6. The SMILES string of the molecule is CCC(C)COC(=O)Oc1ccc(C[C@H](N)C(=O)O[C@@H](C)COC(=O)Oc2ccccc2)cc1OC(=O)OCC(C)CC. The molecule has 0 aliphatic carbocycles. The quantitative estimate of drug-likeness (QED) is 0.148. The summed E-state index contributed by atoms with van der Waals surface area (Å²) in [4.78, 5) is 49.0. The molecular weight excluding hydrogens is 562 g/mol. The molecule has 2 N–H and O–H groups in total. The van der Waals surface area contributed by atoms with Gasteiger partial charge in [0.25, 0.3) is 0 Å². The molecule has 12 heteroatoms. The first-order valence-electron chi connectivity index (χ1n) is 14.2. The van der Waals surface area contributed by atoms with Crippen LogP contribution in [0.2, 0.25) is 0 Å². The van der Waals surface area contributed by atoms with Gasteiger partial charge in [0.2, 0.25) is 0 Å². The average molecular weight is 604 g/mol. The third kappa shape index (κ3) is 13.5. The Labute approximate surface area is 251 Å². The molecule has 2 aromatic rings. The zero-order valence-electron chi connectivity index (χ0n) is 25.2. The highest BCUT2D eigenvalue weighted by Crippen LogP contribution is 2.30. The average Bonchev–Trinajstić information content (AvgIpc) is 2.99. The molecule has 0 saturated heterocycles. The van der Waals surface area contributed by atoms with E-state index >= 15 is 0 Å². The normalized spacial score (nSPS) is 13.4. The van der Waals surface area contributed by atoms with Gasteiger partial charge in [-0.25, -0.2) is 14.4 Å². The lowest BCUT2D eigenvalue weighted by Gasteiger charge is -2.18. The minimum Gasteiger partial charge on any atom is -0.458 e. The number of rotatable bonds is 15. The van der Waals surface area contributed by atoms with Gasteiger partial charge in [-0.2, -0.15) is 0 Å². The summed E-state index contributed by atoms with van der Waals surface area (Å²) in [5, 5.41) is 0. The first kappa shape index (κ1) is 34.9. The summed E-state index contributed by atoms with van der Waals surface area (Å²) < 4.78 is 36.2. The Balaban J connectivity index is 2.00. The van der Waals surface area contributed by atoms with Crippen LogP contribution in [0, 0.1) is 11.8 Å². The van der Waals surface area contributed by atoms with E-state index in [1.165, 1.54) is 19.1 Å². The number of ether oxygens (including phenoxy) is 7. The monoisotopic (exact) mass is 603 g/mol. The highest BCUT2D eigenvalue weighted by atomic mass is 16.7. The number of para-hydroxylation sites is 1. The van der Waals surface area contributed by atoms with E-state index in [0.717, 1.165) is 12.8 Å². The molecule has 2 rings (SSSR count). The van der Waals surface area contributed by atoms with Crippen molar-refractivity contribution in [2.24, 2.45) is 17.6 Å². The summed E-state index contributed by atoms with van der Waals surface area (Å²) in [7, 11) is 0. The van der Waals surface area contributed by atoms with Crippen molar-refractivity contribution in [1.82, 2.24) is 0 Å². The van der Waals surface area contributed by atoms with Crippen LogP contribution < -0.4 is 19.9 Å². The Morgan fingerprint density at radius 3 is 1.81 bits per heavy atom. The maximum Gasteiger partial charge on any atom is 0.513 e. The predicted octanol–water partition coefficient (Wildman–Crippen LogP) is 5.83. The molecule has 0 spiro atoms.